The number of hydrogen-bond donors (Lipinski definition) is 0. The number of ether oxygens (including phenoxy) is 4. The molecule has 1 fully saturated rings. The molecule has 0 aromatic heterocycles. The van der Waals surface area contributed by atoms with Gasteiger partial charge in [-0.25, -0.2) is 0 Å². The Hall–Kier alpha value is -1.69. The van der Waals surface area contributed by atoms with Gasteiger partial charge in [-0.05, 0) is 30.0 Å². The molecule has 2 atom stereocenters. The summed E-state index contributed by atoms with van der Waals surface area (Å²) in [5.41, 5.74) is 1.33. The predicted octanol–water partition coefficient (Wildman–Crippen LogP) is 4.77. The Morgan fingerprint density at radius 3 is 2.50 bits per heavy atom. The molecule has 0 bridgehead atoms. The van der Waals surface area contributed by atoms with E-state index >= 15 is 0 Å². The minimum Gasteiger partial charge on any atom is -0.491 e. The van der Waals surface area contributed by atoms with Crippen molar-refractivity contribution in [2.75, 3.05) is 26.9 Å². The fraction of sp³-hybridized carbons (Fsp3) is 0.429. The monoisotopic (exact) mass is 374 g/mol. The van der Waals surface area contributed by atoms with Crippen LogP contribution < -0.4 is 9.47 Å². The maximum Gasteiger partial charge on any atom is 0.124 e. The molecule has 0 amide bonds. The molecular weight excluding hydrogens is 348 g/mol. The van der Waals surface area contributed by atoms with E-state index < -0.39 is 0 Å². The molecular formula is C21H26O4S. The second-order valence-corrected chi connectivity index (χ2v) is 7.71. The minimum atomic E-state index is 0.196. The zero-order valence-electron chi connectivity index (χ0n) is 15.4. The van der Waals surface area contributed by atoms with Gasteiger partial charge in [0.25, 0.3) is 0 Å². The van der Waals surface area contributed by atoms with Gasteiger partial charge in [-0.15, -0.1) is 0 Å². The first-order valence-corrected chi connectivity index (χ1v) is 9.82. The van der Waals surface area contributed by atoms with Crippen molar-refractivity contribution in [3.05, 3.63) is 54.1 Å². The van der Waals surface area contributed by atoms with Crippen LogP contribution in [0.1, 0.15) is 18.9 Å². The van der Waals surface area contributed by atoms with E-state index in [9.17, 15) is 0 Å². The van der Waals surface area contributed by atoms with Crippen LogP contribution in [0, 0.1) is 5.92 Å². The number of rotatable bonds is 9. The van der Waals surface area contributed by atoms with Crippen LogP contribution >= 0.6 is 11.8 Å². The Labute approximate surface area is 159 Å². The van der Waals surface area contributed by atoms with Crippen LogP contribution in [0.2, 0.25) is 0 Å². The van der Waals surface area contributed by atoms with Crippen molar-refractivity contribution in [1.82, 2.24) is 0 Å². The number of thioether (sulfide) groups is 1. The van der Waals surface area contributed by atoms with Crippen LogP contribution in [0.15, 0.2) is 53.4 Å². The highest BCUT2D eigenvalue weighted by atomic mass is 32.2. The van der Waals surface area contributed by atoms with Crippen molar-refractivity contribution in [2.45, 2.75) is 30.3 Å². The summed E-state index contributed by atoms with van der Waals surface area (Å²) in [5, 5.41) is 0. The van der Waals surface area contributed by atoms with E-state index in [0.717, 1.165) is 35.0 Å². The van der Waals surface area contributed by atoms with Crippen LogP contribution in [0.5, 0.6) is 11.5 Å². The molecule has 1 heterocycles. The standard InChI is InChI=1S/C21H26O4S/c1-16-10-21(25-14-16)26-20-12-18(23-9-8-22-2)11-19(13-20)24-15-17-6-4-3-5-7-17/h3-7,11-13,16,21H,8-10,14-15H2,1-2H3/t16-,21?/m1/s1. The largest absolute Gasteiger partial charge is 0.491 e. The molecule has 4 nitrogen and oxygen atoms in total. The molecule has 1 unspecified atom stereocenters. The fourth-order valence-corrected chi connectivity index (χ4v) is 3.98. The van der Waals surface area contributed by atoms with Crippen LogP contribution in [-0.2, 0) is 16.1 Å². The Kier molecular flexibility index (Phi) is 7.23. The van der Waals surface area contributed by atoms with E-state index in [2.05, 4.69) is 25.1 Å². The molecule has 140 valence electrons. The molecule has 0 saturated carbocycles. The Bertz CT molecular complexity index is 677. The van der Waals surface area contributed by atoms with E-state index in [1.807, 2.05) is 30.3 Å². The average Bonchev–Trinajstić information content (AvgIpc) is 3.06. The number of methoxy groups -OCH3 is 1. The van der Waals surface area contributed by atoms with Gasteiger partial charge in [-0.3, -0.25) is 0 Å². The van der Waals surface area contributed by atoms with Gasteiger partial charge < -0.3 is 18.9 Å². The molecule has 1 aliphatic heterocycles. The summed E-state index contributed by atoms with van der Waals surface area (Å²) in [6.07, 6.45) is 1.07. The molecule has 3 rings (SSSR count). The summed E-state index contributed by atoms with van der Waals surface area (Å²) in [6, 6.07) is 16.2. The highest BCUT2D eigenvalue weighted by molar-refractivity contribution is 7.99. The third-order valence-electron chi connectivity index (χ3n) is 4.09. The molecule has 2 aromatic carbocycles. The highest BCUT2D eigenvalue weighted by Gasteiger charge is 2.23. The van der Waals surface area contributed by atoms with Crippen molar-refractivity contribution in [3.8, 4) is 11.5 Å². The third-order valence-corrected chi connectivity index (χ3v) is 5.19. The molecule has 0 aliphatic carbocycles. The Morgan fingerprint density at radius 2 is 1.81 bits per heavy atom. The van der Waals surface area contributed by atoms with Gasteiger partial charge in [0.2, 0.25) is 0 Å². The topological polar surface area (TPSA) is 36.9 Å². The summed E-state index contributed by atoms with van der Waals surface area (Å²) in [6.45, 7) is 4.66. The zero-order chi connectivity index (χ0) is 18.2. The van der Waals surface area contributed by atoms with Gasteiger partial charge >= 0.3 is 0 Å². The summed E-state index contributed by atoms with van der Waals surface area (Å²) in [4.78, 5) is 1.10. The predicted molar refractivity (Wildman–Crippen MR) is 104 cm³/mol. The van der Waals surface area contributed by atoms with Crippen molar-refractivity contribution in [2.24, 2.45) is 5.92 Å². The summed E-state index contributed by atoms with van der Waals surface area (Å²) < 4.78 is 22.7. The lowest BCUT2D eigenvalue weighted by Crippen LogP contribution is -2.05. The summed E-state index contributed by atoms with van der Waals surface area (Å²) in [7, 11) is 1.67. The smallest absolute Gasteiger partial charge is 0.124 e. The van der Waals surface area contributed by atoms with Gasteiger partial charge in [-0.1, -0.05) is 49.0 Å². The SMILES string of the molecule is COCCOc1cc(OCc2ccccc2)cc(SC2C[C@@H](C)CO2)c1. The summed E-state index contributed by atoms with van der Waals surface area (Å²) >= 11 is 1.73. The lowest BCUT2D eigenvalue weighted by molar-refractivity contribution is 0.146. The van der Waals surface area contributed by atoms with Crippen molar-refractivity contribution < 1.29 is 18.9 Å². The van der Waals surface area contributed by atoms with Gasteiger partial charge in [0, 0.05) is 18.1 Å². The van der Waals surface area contributed by atoms with Gasteiger partial charge in [0.15, 0.2) is 0 Å². The van der Waals surface area contributed by atoms with E-state index in [4.69, 9.17) is 18.9 Å². The minimum absolute atomic E-state index is 0.196. The van der Waals surface area contributed by atoms with Crippen molar-refractivity contribution in [1.29, 1.82) is 0 Å². The van der Waals surface area contributed by atoms with Gasteiger partial charge in [0.05, 0.1) is 13.2 Å². The molecule has 0 radical (unpaired) electrons. The number of hydrogen-bond acceptors (Lipinski definition) is 5. The zero-order valence-corrected chi connectivity index (χ0v) is 16.2. The first kappa shape index (κ1) is 19.1. The second kappa shape index (κ2) is 9.86. The van der Waals surface area contributed by atoms with Crippen LogP contribution in [0.25, 0.3) is 0 Å². The van der Waals surface area contributed by atoms with Crippen molar-refractivity contribution >= 4 is 11.8 Å². The van der Waals surface area contributed by atoms with E-state index in [-0.39, 0.29) is 5.44 Å². The lowest BCUT2D eigenvalue weighted by atomic mass is 10.2. The normalized spacial score (nSPS) is 19.5. The fourth-order valence-electron chi connectivity index (χ4n) is 2.73. The number of benzene rings is 2. The summed E-state index contributed by atoms with van der Waals surface area (Å²) in [5.74, 6) is 2.21. The molecule has 5 heteroatoms. The average molecular weight is 375 g/mol. The Morgan fingerprint density at radius 1 is 1.04 bits per heavy atom. The third kappa shape index (κ3) is 5.94. The maximum absolute atomic E-state index is 6.00. The molecule has 1 saturated heterocycles. The highest BCUT2D eigenvalue weighted by Crippen LogP contribution is 2.37. The Balaban J connectivity index is 1.68. The lowest BCUT2D eigenvalue weighted by Gasteiger charge is -2.14. The van der Waals surface area contributed by atoms with Crippen molar-refractivity contribution in [3.63, 3.8) is 0 Å². The first-order chi connectivity index (χ1) is 12.7. The second-order valence-electron chi connectivity index (χ2n) is 6.48. The molecule has 0 N–H and O–H groups in total. The first-order valence-electron chi connectivity index (χ1n) is 8.95. The molecule has 1 aliphatic rings. The maximum atomic E-state index is 6.00. The van der Waals surface area contributed by atoms with Crippen LogP contribution in [0.3, 0.4) is 0 Å². The quantitative estimate of drug-likeness (QED) is 0.591. The molecule has 2 aromatic rings. The van der Waals surface area contributed by atoms with E-state index in [1.54, 1.807) is 18.9 Å². The van der Waals surface area contributed by atoms with Crippen LogP contribution in [0.4, 0.5) is 0 Å². The molecule has 26 heavy (non-hydrogen) atoms. The van der Waals surface area contributed by atoms with E-state index in [0.29, 0.717) is 25.7 Å². The molecule has 0 spiro atoms. The van der Waals surface area contributed by atoms with Gasteiger partial charge in [-0.2, -0.15) is 0 Å². The van der Waals surface area contributed by atoms with Gasteiger partial charge in [0.1, 0.15) is 30.1 Å². The van der Waals surface area contributed by atoms with Crippen LogP contribution in [-0.4, -0.2) is 32.4 Å². The van der Waals surface area contributed by atoms with E-state index in [1.165, 1.54) is 0 Å².